The van der Waals surface area contributed by atoms with Crippen molar-refractivity contribution >= 4 is 35.4 Å². The summed E-state index contributed by atoms with van der Waals surface area (Å²) in [5, 5.41) is 1.04. The first-order valence-corrected chi connectivity index (χ1v) is 18.6. The molecule has 0 amide bonds. The molecule has 0 radical (unpaired) electrons. The number of benzene rings is 3. The minimum absolute atomic E-state index is 0.168. The van der Waals surface area contributed by atoms with Crippen molar-refractivity contribution in [2.45, 2.75) is 33.9 Å². The molecule has 3 heterocycles. The van der Waals surface area contributed by atoms with Gasteiger partial charge in [-0.1, -0.05) is 65.4 Å². The van der Waals surface area contributed by atoms with Crippen LogP contribution in [0.4, 0.5) is 13.2 Å². The van der Waals surface area contributed by atoms with Crippen molar-refractivity contribution in [3.63, 3.8) is 0 Å². The first-order valence-electron chi connectivity index (χ1n) is 17.8. The molecule has 0 aliphatic rings. The summed E-state index contributed by atoms with van der Waals surface area (Å²) in [7, 11) is 3.26. The molecule has 0 N–H and O–H groups in total. The number of alkyl halides is 3. The Bertz CT molecular complexity index is 2480. The monoisotopic (exact) mass is 821 g/mol. The highest BCUT2D eigenvalue weighted by molar-refractivity contribution is 6.42. The van der Waals surface area contributed by atoms with Gasteiger partial charge in [0.15, 0.2) is 11.5 Å². The summed E-state index contributed by atoms with van der Waals surface area (Å²) in [6.45, 7) is 7.54. The molecule has 6 nitrogen and oxygen atoms in total. The Morgan fingerprint density at radius 2 is 1.14 bits per heavy atom. The van der Waals surface area contributed by atoms with Gasteiger partial charge in [0, 0.05) is 28.2 Å². The zero-order valence-electron chi connectivity index (χ0n) is 32.7. The molecule has 6 rings (SSSR count). The van der Waals surface area contributed by atoms with E-state index >= 15 is 0 Å². The van der Waals surface area contributed by atoms with Crippen molar-refractivity contribution < 1.29 is 27.4 Å². The molecule has 3 aromatic heterocycles. The number of pyridine rings is 3. The molecule has 0 aliphatic carbocycles. The molecular weight excluding hydrogens is 782 g/mol. The van der Waals surface area contributed by atoms with Crippen molar-refractivity contribution in [1.29, 1.82) is 0 Å². The SMILES string of the molecule is CCOc1ccc(C#Cc2cccc(C)n2)cc1C(F)(F)F.COc1ccc(C=Cc2cccc(C)n2)cc1OC.Cc1cccc(C#Cc2ccc(Cl)c(Cl)c2)n1. The van der Waals surface area contributed by atoms with Crippen LogP contribution in [0.3, 0.4) is 0 Å². The highest BCUT2D eigenvalue weighted by atomic mass is 35.5. The first kappa shape index (κ1) is 44.5. The first-order chi connectivity index (χ1) is 27.8. The minimum atomic E-state index is -4.48. The standard InChI is InChI=1S/C17H14F3NO.C16H17NO2.C14H9Cl2N/c1-3-22-16-10-8-13(11-15(16)17(18,19)20)7-9-14-6-4-5-12(2)21-14;1-12-5-4-6-14(17-12)9-7-13-8-10-15(18-2)16(11-13)19-3;1-10-3-2-4-12(17-10)7-5-11-6-8-13(15)14(16)9-11/h4-6,8,10-11H,3H2,1-2H3;4-11H,1-3H3;2-4,6,8-9H,1H3. The average molecular weight is 823 g/mol. The highest BCUT2D eigenvalue weighted by Crippen LogP contribution is 2.37. The molecule has 0 fully saturated rings. The Kier molecular flexibility index (Phi) is 16.8. The van der Waals surface area contributed by atoms with E-state index in [0.717, 1.165) is 57.2 Å². The summed E-state index contributed by atoms with van der Waals surface area (Å²) in [6.07, 6.45) is -0.498. The average Bonchev–Trinajstić information content (AvgIpc) is 3.20. The molecule has 58 heavy (non-hydrogen) atoms. The Labute approximate surface area is 347 Å². The van der Waals surface area contributed by atoms with Gasteiger partial charge in [-0.05, 0) is 136 Å². The lowest BCUT2D eigenvalue weighted by Crippen LogP contribution is -2.09. The van der Waals surface area contributed by atoms with E-state index in [2.05, 4.69) is 38.6 Å². The van der Waals surface area contributed by atoms with Crippen molar-refractivity contribution in [1.82, 2.24) is 15.0 Å². The Balaban J connectivity index is 0.000000194. The van der Waals surface area contributed by atoms with E-state index in [-0.39, 0.29) is 17.9 Å². The molecule has 0 atom stereocenters. The maximum atomic E-state index is 13.0. The van der Waals surface area contributed by atoms with E-state index < -0.39 is 11.7 Å². The van der Waals surface area contributed by atoms with Crippen LogP contribution in [0.15, 0.2) is 109 Å². The molecule has 0 saturated carbocycles. The normalized spacial score (nSPS) is 10.4. The quantitative estimate of drug-likeness (QED) is 0.156. The van der Waals surface area contributed by atoms with Crippen LogP contribution in [0.2, 0.25) is 10.0 Å². The second-order valence-corrected chi connectivity index (χ2v) is 13.1. The number of ether oxygens (including phenoxy) is 3. The third-order valence-electron chi connectivity index (χ3n) is 7.71. The van der Waals surface area contributed by atoms with E-state index in [9.17, 15) is 13.2 Å². The van der Waals surface area contributed by atoms with Crippen molar-refractivity contribution in [2.75, 3.05) is 20.8 Å². The third-order valence-corrected chi connectivity index (χ3v) is 8.45. The van der Waals surface area contributed by atoms with E-state index in [1.807, 2.05) is 99.7 Å². The van der Waals surface area contributed by atoms with Crippen LogP contribution >= 0.6 is 23.2 Å². The summed E-state index contributed by atoms with van der Waals surface area (Å²) in [5.41, 5.74) is 6.27. The van der Waals surface area contributed by atoms with Crippen LogP contribution in [0.5, 0.6) is 17.2 Å². The lowest BCUT2D eigenvalue weighted by molar-refractivity contribution is -0.138. The van der Waals surface area contributed by atoms with Crippen molar-refractivity contribution in [2.24, 2.45) is 0 Å². The maximum absolute atomic E-state index is 13.0. The van der Waals surface area contributed by atoms with E-state index in [4.69, 9.17) is 37.4 Å². The molecule has 0 aliphatic heterocycles. The Morgan fingerprint density at radius 3 is 1.67 bits per heavy atom. The van der Waals surface area contributed by atoms with Crippen molar-refractivity contribution in [3.8, 4) is 40.9 Å². The van der Waals surface area contributed by atoms with Crippen LogP contribution in [0.25, 0.3) is 12.2 Å². The fraction of sp³-hybridized carbons (Fsp3) is 0.170. The predicted molar refractivity (Wildman–Crippen MR) is 226 cm³/mol. The van der Waals surface area contributed by atoms with Crippen LogP contribution < -0.4 is 14.2 Å². The van der Waals surface area contributed by atoms with Gasteiger partial charge in [0.1, 0.15) is 17.1 Å². The largest absolute Gasteiger partial charge is 0.493 e. The van der Waals surface area contributed by atoms with Crippen LogP contribution in [0.1, 0.15) is 63.3 Å². The molecule has 296 valence electrons. The van der Waals surface area contributed by atoms with Gasteiger partial charge in [-0.3, -0.25) is 4.98 Å². The van der Waals surface area contributed by atoms with Gasteiger partial charge < -0.3 is 14.2 Å². The number of aryl methyl sites for hydroxylation is 3. The summed E-state index contributed by atoms with van der Waals surface area (Å²) < 4.78 is 54.6. The van der Waals surface area contributed by atoms with Gasteiger partial charge in [-0.15, -0.1) is 0 Å². The van der Waals surface area contributed by atoms with E-state index in [0.29, 0.717) is 15.7 Å². The van der Waals surface area contributed by atoms with Crippen LogP contribution in [0, 0.1) is 44.5 Å². The molecule has 3 aromatic carbocycles. The second kappa shape index (κ2) is 21.9. The van der Waals surface area contributed by atoms with Gasteiger partial charge in [0.05, 0.1) is 42.1 Å². The zero-order chi connectivity index (χ0) is 42.1. The molecule has 0 spiro atoms. The number of rotatable bonds is 6. The second-order valence-electron chi connectivity index (χ2n) is 12.3. The zero-order valence-corrected chi connectivity index (χ0v) is 34.2. The molecular formula is C47H40Cl2F3N3O3. The Hall–Kier alpha value is -6.26. The van der Waals surface area contributed by atoms with Crippen LogP contribution in [-0.2, 0) is 6.18 Å². The van der Waals surface area contributed by atoms with E-state index in [1.165, 1.54) is 12.1 Å². The minimum Gasteiger partial charge on any atom is -0.493 e. The third kappa shape index (κ3) is 14.4. The van der Waals surface area contributed by atoms with Crippen LogP contribution in [-0.4, -0.2) is 35.8 Å². The Morgan fingerprint density at radius 1 is 0.586 bits per heavy atom. The smallest absolute Gasteiger partial charge is 0.420 e. The maximum Gasteiger partial charge on any atom is 0.420 e. The molecule has 6 aromatic rings. The molecule has 0 unspecified atom stereocenters. The number of hydrogen-bond donors (Lipinski definition) is 0. The van der Waals surface area contributed by atoms with Gasteiger partial charge >= 0.3 is 6.18 Å². The molecule has 11 heteroatoms. The van der Waals surface area contributed by atoms with Crippen molar-refractivity contribution in [3.05, 3.63) is 176 Å². The summed E-state index contributed by atoms with van der Waals surface area (Å²) in [6, 6.07) is 31.9. The lowest BCUT2D eigenvalue weighted by Gasteiger charge is -2.13. The highest BCUT2D eigenvalue weighted by Gasteiger charge is 2.34. The summed E-state index contributed by atoms with van der Waals surface area (Å²) >= 11 is 11.7. The fourth-order valence-corrected chi connectivity index (χ4v) is 5.28. The lowest BCUT2D eigenvalue weighted by atomic mass is 10.1. The van der Waals surface area contributed by atoms with Gasteiger partial charge in [0.2, 0.25) is 0 Å². The molecule has 0 bridgehead atoms. The fourth-order valence-electron chi connectivity index (χ4n) is 4.98. The van der Waals surface area contributed by atoms with E-state index in [1.54, 1.807) is 45.4 Å². The van der Waals surface area contributed by atoms with Gasteiger partial charge in [-0.2, -0.15) is 13.2 Å². The predicted octanol–water partition coefficient (Wildman–Crippen LogP) is 11.9. The number of methoxy groups -OCH3 is 2. The summed E-state index contributed by atoms with van der Waals surface area (Å²) in [5.74, 6) is 12.7. The van der Waals surface area contributed by atoms with Gasteiger partial charge in [-0.25, -0.2) is 9.97 Å². The number of halogens is 5. The topological polar surface area (TPSA) is 66.4 Å². The van der Waals surface area contributed by atoms with Gasteiger partial charge in [0.25, 0.3) is 0 Å². The molecule has 0 saturated heterocycles. The summed E-state index contributed by atoms with van der Waals surface area (Å²) in [4.78, 5) is 12.9. The number of aromatic nitrogens is 3. The number of nitrogens with zero attached hydrogens (tertiary/aromatic N) is 3. The number of hydrogen-bond acceptors (Lipinski definition) is 6.